The zero-order valence-corrected chi connectivity index (χ0v) is 6.61. The fourth-order valence-electron chi connectivity index (χ4n) is 1.21. The van der Waals surface area contributed by atoms with Crippen LogP contribution in [-0.2, 0) is 6.42 Å². The quantitative estimate of drug-likeness (QED) is 0.693. The number of aromatic nitrogens is 2. The molecule has 0 fully saturated rings. The summed E-state index contributed by atoms with van der Waals surface area (Å²) in [6.45, 7) is 1.99. The van der Waals surface area contributed by atoms with Gasteiger partial charge in [-0.3, -0.25) is 0 Å². The van der Waals surface area contributed by atoms with E-state index in [4.69, 9.17) is 0 Å². The summed E-state index contributed by atoms with van der Waals surface area (Å²) in [6, 6.07) is 3.21. The first-order valence-corrected chi connectivity index (χ1v) is 3.75. The third kappa shape index (κ3) is 0.922. The van der Waals surface area contributed by atoms with Gasteiger partial charge in [0.15, 0.2) is 0 Å². The van der Waals surface area contributed by atoms with Gasteiger partial charge < -0.3 is 5.11 Å². The van der Waals surface area contributed by atoms with Crippen molar-refractivity contribution in [3.63, 3.8) is 0 Å². The normalized spacial score (nSPS) is 10.8. The van der Waals surface area contributed by atoms with Gasteiger partial charge in [-0.2, -0.15) is 0 Å². The number of aryl methyl sites for hydroxylation is 1. The van der Waals surface area contributed by atoms with E-state index < -0.39 is 0 Å². The van der Waals surface area contributed by atoms with Crippen molar-refractivity contribution in [3.8, 4) is 5.75 Å². The van der Waals surface area contributed by atoms with E-state index in [0.717, 1.165) is 17.5 Å². The Balaban J connectivity index is 2.80. The molecule has 4 nitrogen and oxygen atoms in total. The highest BCUT2D eigenvalue weighted by Crippen LogP contribution is 2.21. The molecule has 0 atom stereocenters. The molecule has 0 saturated heterocycles. The zero-order valence-electron chi connectivity index (χ0n) is 6.61. The Labute approximate surface area is 68.8 Å². The number of phenolic OH excluding ortho intramolecular Hbond substituents is 1. The van der Waals surface area contributed by atoms with E-state index in [-0.39, 0.29) is 5.75 Å². The molecule has 0 aliphatic rings. The Kier molecular flexibility index (Phi) is 1.46. The largest absolute Gasteiger partial charge is 0.508 e. The maximum absolute atomic E-state index is 9.25. The smallest absolute Gasteiger partial charge is 0.139 e. The summed E-state index contributed by atoms with van der Waals surface area (Å²) in [5.41, 5.74) is 2.29. The van der Waals surface area contributed by atoms with Crippen LogP contribution in [0.1, 0.15) is 12.5 Å². The maximum Gasteiger partial charge on any atom is 0.139 e. The minimum Gasteiger partial charge on any atom is -0.508 e. The van der Waals surface area contributed by atoms with Crippen LogP contribution in [0.3, 0.4) is 0 Å². The van der Waals surface area contributed by atoms with Crippen LogP contribution in [0.25, 0.3) is 11.0 Å². The SMILES string of the molecule is CCc1cc(O)cc2nonc12. The Morgan fingerprint density at radius 1 is 1.42 bits per heavy atom. The van der Waals surface area contributed by atoms with Crippen molar-refractivity contribution in [3.05, 3.63) is 17.7 Å². The molecule has 1 aromatic heterocycles. The van der Waals surface area contributed by atoms with Crippen LogP contribution in [0.4, 0.5) is 0 Å². The van der Waals surface area contributed by atoms with Crippen molar-refractivity contribution < 1.29 is 9.74 Å². The Morgan fingerprint density at radius 2 is 2.25 bits per heavy atom. The van der Waals surface area contributed by atoms with Crippen LogP contribution in [0.5, 0.6) is 5.75 Å². The van der Waals surface area contributed by atoms with Gasteiger partial charge in [-0.25, -0.2) is 4.63 Å². The molecule has 2 aromatic rings. The van der Waals surface area contributed by atoms with E-state index in [1.807, 2.05) is 6.92 Å². The summed E-state index contributed by atoms with van der Waals surface area (Å²) >= 11 is 0. The first-order chi connectivity index (χ1) is 5.81. The van der Waals surface area contributed by atoms with Crippen LogP contribution in [0, 0.1) is 0 Å². The molecule has 0 bridgehead atoms. The Morgan fingerprint density at radius 3 is 3.00 bits per heavy atom. The highest BCUT2D eigenvalue weighted by molar-refractivity contribution is 5.78. The van der Waals surface area contributed by atoms with E-state index in [9.17, 15) is 5.11 Å². The van der Waals surface area contributed by atoms with Crippen LogP contribution in [0.15, 0.2) is 16.8 Å². The van der Waals surface area contributed by atoms with E-state index in [2.05, 4.69) is 14.9 Å². The monoisotopic (exact) mass is 164 g/mol. The molecule has 62 valence electrons. The lowest BCUT2D eigenvalue weighted by Crippen LogP contribution is -1.82. The van der Waals surface area contributed by atoms with E-state index in [1.54, 1.807) is 6.07 Å². The topological polar surface area (TPSA) is 59.2 Å². The molecule has 0 spiro atoms. The molecule has 0 saturated carbocycles. The summed E-state index contributed by atoms with van der Waals surface area (Å²) in [4.78, 5) is 0. The lowest BCUT2D eigenvalue weighted by atomic mass is 10.1. The molecular formula is C8H8N2O2. The average Bonchev–Trinajstić information content (AvgIpc) is 2.50. The Hall–Kier alpha value is -1.58. The molecule has 0 aliphatic heterocycles. The number of aromatic hydroxyl groups is 1. The standard InChI is InChI=1S/C8H8N2O2/c1-2-5-3-6(11)4-7-8(5)10-12-9-7/h3-4,11H,2H2,1H3. The fourth-order valence-corrected chi connectivity index (χ4v) is 1.21. The molecule has 4 heteroatoms. The summed E-state index contributed by atoms with van der Waals surface area (Å²) in [5.74, 6) is 0.204. The molecule has 0 radical (unpaired) electrons. The summed E-state index contributed by atoms with van der Waals surface area (Å²) in [5, 5.41) is 16.6. The minimum absolute atomic E-state index is 0.204. The van der Waals surface area contributed by atoms with Gasteiger partial charge in [0, 0.05) is 6.07 Å². The summed E-state index contributed by atoms with van der Waals surface area (Å²) < 4.78 is 4.55. The maximum atomic E-state index is 9.25. The zero-order chi connectivity index (χ0) is 8.55. The predicted octanol–water partition coefficient (Wildman–Crippen LogP) is 1.49. The van der Waals surface area contributed by atoms with Crippen molar-refractivity contribution in [2.45, 2.75) is 13.3 Å². The first-order valence-electron chi connectivity index (χ1n) is 3.75. The third-order valence-corrected chi connectivity index (χ3v) is 1.81. The number of hydrogen-bond acceptors (Lipinski definition) is 4. The predicted molar refractivity (Wildman–Crippen MR) is 42.8 cm³/mol. The van der Waals surface area contributed by atoms with Crippen molar-refractivity contribution in [2.24, 2.45) is 0 Å². The van der Waals surface area contributed by atoms with Gasteiger partial charge in [-0.15, -0.1) is 0 Å². The second kappa shape index (κ2) is 2.48. The molecule has 1 aromatic carbocycles. The van der Waals surface area contributed by atoms with Crippen LogP contribution in [0.2, 0.25) is 0 Å². The lowest BCUT2D eigenvalue weighted by molar-refractivity contribution is 0.315. The number of benzene rings is 1. The van der Waals surface area contributed by atoms with E-state index in [1.165, 1.54) is 6.07 Å². The lowest BCUT2D eigenvalue weighted by Gasteiger charge is -1.96. The van der Waals surface area contributed by atoms with Crippen molar-refractivity contribution in [1.82, 2.24) is 10.3 Å². The highest BCUT2D eigenvalue weighted by Gasteiger charge is 2.06. The van der Waals surface area contributed by atoms with Gasteiger partial charge >= 0.3 is 0 Å². The molecule has 2 rings (SSSR count). The second-order valence-electron chi connectivity index (χ2n) is 2.59. The first kappa shape index (κ1) is 7.09. The van der Waals surface area contributed by atoms with Crippen molar-refractivity contribution in [1.29, 1.82) is 0 Å². The van der Waals surface area contributed by atoms with E-state index >= 15 is 0 Å². The van der Waals surface area contributed by atoms with Gasteiger partial charge in [-0.05, 0) is 28.4 Å². The average molecular weight is 164 g/mol. The summed E-state index contributed by atoms with van der Waals surface area (Å²) in [6.07, 6.45) is 0.805. The summed E-state index contributed by atoms with van der Waals surface area (Å²) in [7, 11) is 0. The fraction of sp³-hybridized carbons (Fsp3) is 0.250. The van der Waals surface area contributed by atoms with Crippen molar-refractivity contribution in [2.75, 3.05) is 0 Å². The molecule has 0 aliphatic carbocycles. The van der Waals surface area contributed by atoms with Gasteiger partial charge in [0.2, 0.25) is 0 Å². The number of rotatable bonds is 1. The van der Waals surface area contributed by atoms with Gasteiger partial charge in [0.1, 0.15) is 16.8 Å². The molecular weight excluding hydrogens is 156 g/mol. The van der Waals surface area contributed by atoms with Gasteiger partial charge in [0.25, 0.3) is 0 Å². The molecule has 0 unspecified atom stereocenters. The number of fused-ring (bicyclic) bond motifs is 1. The number of nitrogens with zero attached hydrogens (tertiary/aromatic N) is 2. The van der Waals surface area contributed by atoms with E-state index in [0.29, 0.717) is 5.52 Å². The van der Waals surface area contributed by atoms with Crippen molar-refractivity contribution >= 4 is 11.0 Å². The van der Waals surface area contributed by atoms with Gasteiger partial charge in [0.05, 0.1) is 0 Å². The molecule has 1 heterocycles. The Bertz CT molecular complexity index is 408. The van der Waals surface area contributed by atoms with Gasteiger partial charge in [-0.1, -0.05) is 6.92 Å². The minimum atomic E-state index is 0.204. The highest BCUT2D eigenvalue weighted by atomic mass is 16.6. The second-order valence-corrected chi connectivity index (χ2v) is 2.59. The number of hydrogen-bond donors (Lipinski definition) is 1. The van der Waals surface area contributed by atoms with Crippen LogP contribution >= 0.6 is 0 Å². The molecule has 12 heavy (non-hydrogen) atoms. The van der Waals surface area contributed by atoms with Crippen LogP contribution in [-0.4, -0.2) is 15.4 Å². The third-order valence-electron chi connectivity index (χ3n) is 1.81. The molecule has 0 amide bonds. The van der Waals surface area contributed by atoms with Crippen LogP contribution < -0.4 is 0 Å². The molecule has 1 N–H and O–H groups in total. The number of phenols is 1.